The van der Waals surface area contributed by atoms with Crippen molar-refractivity contribution in [2.75, 3.05) is 13.1 Å². The zero-order chi connectivity index (χ0) is 13.1. The summed E-state index contributed by atoms with van der Waals surface area (Å²) in [5, 5.41) is 0. The Hall–Kier alpha value is -0.150. The highest BCUT2D eigenvalue weighted by Gasteiger charge is 2.16. The third kappa shape index (κ3) is 8.56. The maximum atomic E-state index is 11.7. The summed E-state index contributed by atoms with van der Waals surface area (Å²) in [6.07, 6.45) is 7.50. The molecule has 0 rings (SSSR count). The first-order valence-corrected chi connectivity index (χ1v) is 7.21. The third-order valence-corrected chi connectivity index (χ3v) is 3.21. The minimum absolute atomic E-state index is 0.305. The fourth-order valence-corrected chi connectivity index (χ4v) is 1.95. The first-order chi connectivity index (χ1) is 8.13. The van der Waals surface area contributed by atoms with Crippen LogP contribution in [0.25, 0.3) is 0 Å². The summed E-state index contributed by atoms with van der Waals surface area (Å²) in [7, 11) is 0. The van der Waals surface area contributed by atoms with Gasteiger partial charge in [0.25, 0.3) is 0 Å². The topological polar surface area (TPSA) is 23.6 Å². The van der Waals surface area contributed by atoms with Crippen molar-refractivity contribution in [3.63, 3.8) is 0 Å². The van der Waals surface area contributed by atoms with Gasteiger partial charge in [0.05, 0.1) is 0 Å². The summed E-state index contributed by atoms with van der Waals surface area (Å²) in [6.45, 7) is 5.39. The summed E-state index contributed by atoms with van der Waals surface area (Å²) in [6, 6.07) is -0.305. The van der Waals surface area contributed by atoms with Gasteiger partial charge in [-0.2, -0.15) is 0 Å². The van der Waals surface area contributed by atoms with Gasteiger partial charge in [-0.1, -0.05) is 46.0 Å². The van der Waals surface area contributed by atoms with E-state index in [0.29, 0.717) is 13.1 Å². The molecule has 0 aromatic carbocycles. The van der Waals surface area contributed by atoms with Crippen molar-refractivity contribution in [3.8, 4) is 0 Å². The minimum atomic E-state index is -0.305. The number of nitrogens with zero attached hydrogens (tertiary/aromatic N) is 2. The second-order valence-corrected chi connectivity index (χ2v) is 5.04. The van der Waals surface area contributed by atoms with Crippen LogP contribution >= 0.6 is 23.6 Å². The lowest BCUT2D eigenvalue weighted by Crippen LogP contribution is -2.33. The van der Waals surface area contributed by atoms with Crippen molar-refractivity contribution >= 4 is 29.6 Å². The highest BCUT2D eigenvalue weighted by atomic mass is 35.5. The molecule has 0 fully saturated rings. The van der Waals surface area contributed by atoms with Crippen LogP contribution in [0.5, 0.6) is 0 Å². The van der Waals surface area contributed by atoms with Gasteiger partial charge >= 0.3 is 6.03 Å². The van der Waals surface area contributed by atoms with Gasteiger partial charge in [-0.05, 0) is 12.8 Å². The Kier molecular flexibility index (Phi) is 10.9. The number of rotatable bonds is 9. The second kappa shape index (κ2) is 11.0. The molecule has 0 aliphatic carbocycles. The van der Waals surface area contributed by atoms with E-state index in [4.69, 9.17) is 23.6 Å². The fraction of sp³-hybridized carbons (Fsp3) is 0.917. The molecule has 0 aromatic rings. The van der Waals surface area contributed by atoms with E-state index in [2.05, 4.69) is 13.8 Å². The number of unbranched alkanes of at least 4 members (excludes halogenated alkanes) is 5. The van der Waals surface area contributed by atoms with Crippen LogP contribution in [0.2, 0.25) is 0 Å². The third-order valence-electron chi connectivity index (χ3n) is 2.58. The molecule has 17 heavy (non-hydrogen) atoms. The molecular weight excluding hydrogens is 259 g/mol. The van der Waals surface area contributed by atoms with E-state index in [-0.39, 0.29) is 6.03 Å². The van der Waals surface area contributed by atoms with Crippen molar-refractivity contribution in [1.82, 2.24) is 8.84 Å². The number of hydrogen-bond donors (Lipinski definition) is 0. The van der Waals surface area contributed by atoms with Gasteiger partial charge in [-0.15, -0.1) is 0 Å². The van der Waals surface area contributed by atoms with Gasteiger partial charge in [0.1, 0.15) is 0 Å². The summed E-state index contributed by atoms with van der Waals surface area (Å²) in [5.74, 6) is 0. The Balaban J connectivity index is 3.70. The van der Waals surface area contributed by atoms with E-state index in [1.165, 1.54) is 21.7 Å². The van der Waals surface area contributed by atoms with Crippen LogP contribution in [-0.4, -0.2) is 28.0 Å². The van der Waals surface area contributed by atoms with Crippen LogP contribution in [0.3, 0.4) is 0 Å². The average Bonchev–Trinajstić information content (AvgIpc) is 2.33. The number of carbonyl (C=O) groups is 1. The summed E-state index contributed by atoms with van der Waals surface area (Å²) >= 11 is 11.7. The van der Waals surface area contributed by atoms with E-state index in [9.17, 15) is 4.79 Å². The van der Waals surface area contributed by atoms with Gasteiger partial charge in [0, 0.05) is 36.6 Å². The molecule has 102 valence electrons. The Morgan fingerprint density at radius 1 is 0.824 bits per heavy atom. The number of halogens is 2. The zero-order valence-electron chi connectivity index (χ0n) is 10.9. The first kappa shape index (κ1) is 16.9. The fourth-order valence-electron chi connectivity index (χ4n) is 1.49. The van der Waals surface area contributed by atoms with Crippen molar-refractivity contribution in [1.29, 1.82) is 0 Å². The molecular formula is C12H24Cl2N2O. The number of urea groups is 1. The average molecular weight is 283 g/mol. The molecule has 5 heteroatoms. The van der Waals surface area contributed by atoms with Crippen molar-refractivity contribution < 1.29 is 4.79 Å². The number of hydrogen-bond acceptors (Lipinski definition) is 1. The quantitative estimate of drug-likeness (QED) is 0.441. The van der Waals surface area contributed by atoms with Gasteiger partial charge in [0.15, 0.2) is 0 Å². The Morgan fingerprint density at radius 3 is 1.71 bits per heavy atom. The van der Waals surface area contributed by atoms with Crippen LogP contribution in [-0.2, 0) is 0 Å². The van der Waals surface area contributed by atoms with Crippen LogP contribution in [0.1, 0.15) is 58.8 Å². The van der Waals surface area contributed by atoms with Gasteiger partial charge in [-0.25, -0.2) is 13.6 Å². The molecule has 3 nitrogen and oxygen atoms in total. The van der Waals surface area contributed by atoms with Crippen LogP contribution in [0.4, 0.5) is 4.79 Å². The Morgan fingerprint density at radius 2 is 1.24 bits per heavy atom. The molecule has 0 N–H and O–H groups in total. The minimum Gasteiger partial charge on any atom is -0.246 e. The molecule has 0 heterocycles. The smallest absolute Gasteiger partial charge is 0.246 e. The second-order valence-electron chi connectivity index (χ2n) is 4.22. The molecule has 0 atom stereocenters. The monoisotopic (exact) mass is 282 g/mol. The predicted octanol–water partition coefficient (Wildman–Crippen LogP) is 4.79. The molecule has 0 aliphatic heterocycles. The molecule has 0 bridgehead atoms. The van der Waals surface area contributed by atoms with Gasteiger partial charge in [-0.3, -0.25) is 0 Å². The maximum absolute atomic E-state index is 11.7. The molecule has 0 unspecified atom stereocenters. The largest absolute Gasteiger partial charge is 0.349 e. The Labute approximate surface area is 115 Å². The number of carbonyl (C=O) groups excluding carboxylic acids is 1. The SMILES string of the molecule is CCCCCCN(Cl)C(=O)N(Cl)CCCCC. The molecule has 0 saturated heterocycles. The molecule has 2 amide bonds. The maximum Gasteiger partial charge on any atom is 0.349 e. The highest BCUT2D eigenvalue weighted by molar-refractivity contribution is 6.27. The normalized spacial score (nSPS) is 10.4. The molecule has 0 aliphatic rings. The van der Waals surface area contributed by atoms with Crippen molar-refractivity contribution in [3.05, 3.63) is 0 Å². The summed E-state index contributed by atoms with van der Waals surface area (Å²) in [5.41, 5.74) is 0. The first-order valence-electron chi connectivity index (χ1n) is 6.54. The molecule has 0 saturated carbocycles. The molecule has 0 aromatic heterocycles. The van der Waals surface area contributed by atoms with Crippen LogP contribution in [0, 0.1) is 0 Å². The van der Waals surface area contributed by atoms with E-state index in [1.54, 1.807) is 0 Å². The van der Waals surface area contributed by atoms with E-state index in [0.717, 1.165) is 32.1 Å². The van der Waals surface area contributed by atoms with E-state index in [1.807, 2.05) is 0 Å². The Bertz CT molecular complexity index is 203. The summed E-state index contributed by atoms with van der Waals surface area (Å²) in [4.78, 5) is 11.7. The standard InChI is InChI=1S/C12H24Cl2N2O/c1-3-5-7-9-11-16(14)12(17)15(13)10-8-6-4-2/h3-11H2,1-2H3. The number of amides is 2. The molecule has 0 spiro atoms. The van der Waals surface area contributed by atoms with E-state index >= 15 is 0 Å². The lowest BCUT2D eigenvalue weighted by atomic mass is 10.2. The predicted molar refractivity (Wildman–Crippen MR) is 74.2 cm³/mol. The molecule has 0 radical (unpaired) electrons. The van der Waals surface area contributed by atoms with Gasteiger partial charge < -0.3 is 0 Å². The van der Waals surface area contributed by atoms with Crippen LogP contribution < -0.4 is 0 Å². The highest BCUT2D eigenvalue weighted by Crippen LogP contribution is 2.10. The lowest BCUT2D eigenvalue weighted by Gasteiger charge is -2.20. The van der Waals surface area contributed by atoms with Crippen molar-refractivity contribution in [2.24, 2.45) is 0 Å². The van der Waals surface area contributed by atoms with Gasteiger partial charge in [0.2, 0.25) is 0 Å². The van der Waals surface area contributed by atoms with E-state index < -0.39 is 0 Å². The van der Waals surface area contributed by atoms with Crippen molar-refractivity contribution in [2.45, 2.75) is 58.8 Å². The zero-order valence-corrected chi connectivity index (χ0v) is 12.4. The van der Waals surface area contributed by atoms with Crippen LogP contribution in [0.15, 0.2) is 0 Å². The summed E-state index contributed by atoms with van der Waals surface area (Å²) < 4.78 is 2.37. The lowest BCUT2D eigenvalue weighted by molar-refractivity contribution is 0.204.